The minimum absolute atomic E-state index is 0.0623. The number of piperazine rings is 1. The molecular weight excluding hydrogens is 366 g/mol. The van der Waals surface area contributed by atoms with Gasteiger partial charge in [-0.3, -0.25) is 4.79 Å². The van der Waals surface area contributed by atoms with E-state index in [1.165, 1.54) is 12.1 Å². The van der Waals surface area contributed by atoms with Crippen molar-refractivity contribution in [2.45, 2.75) is 0 Å². The van der Waals surface area contributed by atoms with Gasteiger partial charge in [-0.1, -0.05) is 23.2 Å². The number of hydrogen-bond acceptors (Lipinski definition) is 3. The molecule has 0 aromatic heterocycles. The fourth-order valence-corrected chi connectivity index (χ4v) is 3.22. The van der Waals surface area contributed by atoms with Crippen molar-refractivity contribution in [2.75, 3.05) is 37.7 Å². The fourth-order valence-electron chi connectivity index (χ4n) is 2.71. The van der Waals surface area contributed by atoms with Crippen LogP contribution in [0.4, 0.5) is 10.1 Å². The van der Waals surface area contributed by atoms with Crippen molar-refractivity contribution in [3.8, 4) is 5.75 Å². The Morgan fingerprint density at radius 3 is 2.20 bits per heavy atom. The van der Waals surface area contributed by atoms with Crippen LogP contribution in [0.5, 0.6) is 5.75 Å². The van der Waals surface area contributed by atoms with Gasteiger partial charge in [0.15, 0.2) is 6.61 Å². The van der Waals surface area contributed by atoms with Gasteiger partial charge >= 0.3 is 0 Å². The molecular formula is C18H17Cl2FN2O2. The lowest BCUT2D eigenvalue weighted by Crippen LogP contribution is -2.50. The normalized spacial score (nSPS) is 14.5. The van der Waals surface area contributed by atoms with E-state index in [1.807, 2.05) is 0 Å². The molecule has 1 aliphatic rings. The van der Waals surface area contributed by atoms with Crippen molar-refractivity contribution in [3.63, 3.8) is 0 Å². The highest BCUT2D eigenvalue weighted by Crippen LogP contribution is 2.24. The van der Waals surface area contributed by atoms with Crippen LogP contribution in [0, 0.1) is 5.82 Å². The molecule has 25 heavy (non-hydrogen) atoms. The van der Waals surface area contributed by atoms with E-state index < -0.39 is 0 Å². The second-order valence-electron chi connectivity index (χ2n) is 5.74. The summed E-state index contributed by atoms with van der Waals surface area (Å²) in [5.74, 6) is 0.126. The highest BCUT2D eigenvalue weighted by molar-refractivity contribution is 6.34. The zero-order valence-corrected chi connectivity index (χ0v) is 14.9. The first-order valence-corrected chi connectivity index (χ1v) is 8.64. The molecule has 0 radical (unpaired) electrons. The largest absolute Gasteiger partial charge is 0.484 e. The average Bonchev–Trinajstić information content (AvgIpc) is 2.60. The Morgan fingerprint density at radius 1 is 1.00 bits per heavy atom. The van der Waals surface area contributed by atoms with Crippen molar-refractivity contribution in [1.82, 2.24) is 4.90 Å². The molecule has 0 unspecified atom stereocenters. The molecule has 3 rings (SSSR count). The first-order valence-electron chi connectivity index (χ1n) is 7.88. The highest BCUT2D eigenvalue weighted by Gasteiger charge is 2.21. The summed E-state index contributed by atoms with van der Waals surface area (Å²) in [5.41, 5.74) is 0.957. The zero-order chi connectivity index (χ0) is 17.8. The van der Waals surface area contributed by atoms with Crippen molar-refractivity contribution < 1.29 is 13.9 Å². The van der Waals surface area contributed by atoms with E-state index in [0.717, 1.165) is 5.69 Å². The molecule has 1 fully saturated rings. The van der Waals surface area contributed by atoms with E-state index in [9.17, 15) is 9.18 Å². The molecule has 0 atom stereocenters. The predicted molar refractivity (Wildman–Crippen MR) is 97.2 cm³/mol. The average molecular weight is 383 g/mol. The number of carbonyl (C=O) groups is 1. The van der Waals surface area contributed by atoms with Crippen LogP contribution in [0.1, 0.15) is 0 Å². The summed E-state index contributed by atoms with van der Waals surface area (Å²) >= 11 is 11.8. The Hall–Kier alpha value is -1.98. The number of carbonyl (C=O) groups excluding carboxylic acids is 1. The van der Waals surface area contributed by atoms with Gasteiger partial charge in [-0.25, -0.2) is 4.39 Å². The van der Waals surface area contributed by atoms with Crippen LogP contribution in [0.2, 0.25) is 10.0 Å². The molecule has 0 N–H and O–H groups in total. The van der Waals surface area contributed by atoms with Gasteiger partial charge in [0.25, 0.3) is 5.91 Å². The first-order chi connectivity index (χ1) is 12.0. The Kier molecular flexibility index (Phi) is 5.66. The molecule has 1 saturated heterocycles. The Bertz CT molecular complexity index is 727. The molecule has 1 heterocycles. The third kappa shape index (κ3) is 4.77. The predicted octanol–water partition coefficient (Wildman–Crippen LogP) is 3.86. The number of halogens is 3. The maximum Gasteiger partial charge on any atom is 0.260 e. The fraction of sp³-hybridized carbons (Fsp3) is 0.278. The quantitative estimate of drug-likeness (QED) is 0.804. The van der Waals surface area contributed by atoms with Crippen LogP contribution in [0.15, 0.2) is 42.5 Å². The standard InChI is InChI=1S/C18H17Cl2FN2O2/c19-13-9-14(20)11-17(10-13)25-12-18(24)23-7-5-22(6-8-23)16-3-1-15(21)2-4-16/h1-4,9-11H,5-8,12H2. The highest BCUT2D eigenvalue weighted by atomic mass is 35.5. The zero-order valence-electron chi connectivity index (χ0n) is 13.4. The first kappa shape index (κ1) is 17.8. The number of nitrogens with zero attached hydrogens (tertiary/aromatic N) is 2. The summed E-state index contributed by atoms with van der Waals surface area (Å²) in [5, 5.41) is 0.922. The lowest BCUT2D eigenvalue weighted by atomic mass is 10.2. The van der Waals surface area contributed by atoms with Gasteiger partial charge in [0, 0.05) is 41.9 Å². The molecule has 132 valence electrons. The van der Waals surface area contributed by atoms with E-state index in [1.54, 1.807) is 35.2 Å². The second-order valence-corrected chi connectivity index (χ2v) is 6.61. The van der Waals surface area contributed by atoms with E-state index in [4.69, 9.17) is 27.9 Å². The molecule has 1 aliphatic heterocycles. The third-order valence-electron chi connectivity index (χ3n) is 4.02. The van der Waals surface area contributed by atoms with Crippen LogP contribution in [-0.4, -0.2) is 43.6 Å². The number of rotatable bonds is 4. The van der Waals surface area contributed by atoms with Crippen LogP contribution in [0.3, 0.4) is 0 Å². The van der Waals surface area contributed by atoms with Gasteiger partial charge < -0.3 is 14.5 Å². The lowest BCUT2D eigenvalue weighted by molar-refractivity contribution is -0.133. The van der Waals surface area contributed by atoms with Gasteiger partial charge in [-0.15, -0.1) is 0 Å². The van der Waals surface area contributed by atoms with Gasteiger partial charge in [0.1, 0.15) is 11.6 Å². The van der Waals surface area contributed by atoms with Crippen molar-refractivity contribution >= 4 is 34.8 Å². The van der Waals surface area contributed by atoms with Crippen LogP contribution < -0.4 is 9.64 Å². The van der Waals surface area contributed by atoms with Gasteiger partial charge in [0.2, 0.25) is 0 Å². The molecule has 0 spiro atoms. The summed E-state index contributed by atoms with van der Waals surface area (Å²) in [6.45, 7) is 2.51. The van der Waals surface area contributed by atoms with Crippen LogP contribution in [0.25, 0.3) is 0 Å². The molecule has 1 amide bonds. The minimum atomic E-state index is -0.254. The van der Waals surface area contributed by atoms with Gasteiger partial charge in [-0.05, 0) is 42.5 Å². The number of benzene rings is 2. The Balaban J connectivity index is 1.50. The number of hydrogen-bond donors (Lipinski definition) is 0. The third-order valence-corrected chi connectivity index (χ3v) is 4.46. The monoisotopic (exact) mass is 382 g/mol. The SMILES string of the molecule is O=C(COc1cc(Cl)cc(Cl)c1)N1CCN(c2ccc(F)cc2)CC1. The summed E-state index contributed by atoms with van der Waals surface area (Å²) in [7, 11) is 0. The van der Waals surface area contributed by atoms with Crippen molar-refractivity contribution in [1.29, 1.82) is 0 Å². The topological polar surface area (TPSA) is 32.8 Å². The van der Waals surface area contributed by atoms with Crippen molar-refractivity contribution in [2.24, 2.45) is 0 Å². The maximum absolute atomic E-state index is 13.0. The molecule has 4 nitrogen and oxygen atoms in total. The van der Waals surface area contributed by atoms with E-state index in [0.29, 0.717) is 42.0 Å². The van der Waals surface area contributed by atoms with Gasteiger partial charge in [0.05, 0.1) is 0 Å². The van der Waals surface area contributed by atoms with E-state index >= 15 is 0 Å². The van der Waals surface area contributed by atoms with Crippen molar-refractivity contribution in [3.05, 3.63) is 58.3 Å². The van der Waals surface area contributed by atoms with Crippen LogP contribution in [-0.2, 0) is 4.79 Å². The Labute approximate surface area is 155 Å². The summed E-state index contributed by atoms with van der Waals surface area (Å²) in [6, 6.07) is 11.2. The molecule has 0 bridgehead atoms. The van der Waals surface area contributed by atoms with E-state index in [-0.39, 0.29) is 18.3 Å². The van der Waals surface area contributed by atoms with Gasteiger partial charge in [-0.2, -0.15) is 0 Å². The number of amides is 1. The summed E-state index contributed by atoms with van der Waals surface area (Å²) < 4.78 is 18.5. The minimum Gasteiger partial charge on any atom is -0.484 e. The smallest absolute Gasteiger partial charge is 0.260 e. The molecule has 0 saturated carbocycles. The molecule has 2 aromatic rings. The lowest BCUT2D eigenvalue weighted by Gasteiger charge is -2.36. The Morgan fingerprint density at radius 2 is 1.60 bits per heavy atom. The number of ether oxygens (including phenoxy) is 1. The molecule has 7 heteroatoms. The molecule has 2 aromatic carbocycles. The molecule has 0 aliphatic carbocycles. The maximum atomic E-state index is 13.0. The van der Waals surface area contributed by atoms with E-state index in [2.05, 4.69) is 4.90 Å². The number of anilines is 1. The second kappa shape index (κ2) is 7.93. The summed E-state index contributed by atoms with van der Waals surface area (Å²) in [6.07, 6.45) is 0. The van der Waals surface area contributed by atoms with Crippen LogP contribution >= 0.6 is 23.2 Å². The summed E-state index contributed by atoms with van der Waals surface area (Å²) in [4.78, 5) is 16.2.